The first kappa shape index (κ1) is 17.8. The zero-order chi connectivity index (χ0) is 16.3. The molecule has 1 heterocycles. The maximum atomic E-state index is 11.8. The van der Waals surface area contributed by atoms with E-state index in [0.29, 0.717) is 6.54 Å². The second-order valence-electron chi connectivity index (χ2n) is 4.72. The molecule has 0 radical (unpaired) electrons. The highest BCUT2D eigenvalue weighted by Crippen LogP contribution is 2.27. The van der Waals surface area contributed by atoms with Gasteiger partial charge in [0.05, 0.1) is 12.3 Å². The SMILES string of the molecule is CCCNc1nn(CCS(=O)(=O)CC)c(N)c1S(C)(=O)=O. The van der Waals surface area contributed by atoms with E-state index >= 15 is 0 Å². The Balaban J connectivity index is 3.15. The molecule has 0 bridgehead atoms. The molecular formula is C11H22N4O4S2. The topological polar surface area (TPSA) is 124 Å². The van der Waals surface area contributed by atoms with E-state index in [0.717, 1.165) is 12.7 Å². The van der Waals surface area contributed by atoms with Crippen molar-refractivity contribution in [1.82, 2.24) is 9.78 Å². The maximum absolute atomic E-state index is 11.8. The Morgan fingerprint density at radius 1 is 1.24 bits per heavy atom. The number of hydrogen-bond donors (Lipinski definition) is 2. The fraction of sp³-hybridized carbons (Fsp3) is 0.727. The molecule has 21 heavy (non-hydrogen) atoms. The van der Waals surface area contributed by atoms with Gasteiger partial charge in [-0.2, -0.15) is 5.10 Å². The van der Waals surface area contributed by atoms with Crippen LogP contribution in [-0.2, 0) is 26.2 Å². The van der Waals surface area contributed by atoms with Crippen molar-refractivity contribution in [2.75, 3.05) is 35.4 Å². The molecule has 0 aromatic carbocycles. The highest BCUT2D eigenvalue weighted by Gasteiger charge is 2.24. The van der Waals surface area contributed by atoms with Crippen molar-refractivity contribution in [2.45, 2.75) is 31.7 Å². The second-order valence-corrected chi connectivity index (χ2v) is 9.15. The molecular weight excluding hydrogens is 316 g/mol. The van der Waals surface area contributed by atoms with Crippen molar-refractivity contribution in [3.05, 3.63) is 0 Å². The lowest BCUT2D eigenvalue weighted by Gasteiger charge is -2.04. The van der Waals surface area contributed by atoms with Crippen LogP contribution in [0.5, 0.6) is 0 Å². The predicted octanol–water partition coefficient (Wildman–Crippen LogP) is 0.125. The number of sulfone groups is 2. The number of aromatic nitrogens is 2. The molecule has 0 unspecified atom stereocenters. The van der Waals surface area contributed by atoms with E-state index in [9.17, 15) is 16.8 Å². The summed E-state index contributed by atoms with van der Waals surface area (Å²) in [5.41, 5.74) is 5.82. The van der Waals surface area contributed by atoms with Gasteiger partial charge in [-0.15, -0.1) is 0 Å². The summed E-state index contributed by atoms with van der Waals surface area (Å²) in [4.78, 5) is -0.0788. The zero-order valence-corrected chi connectivity index (χ0v) is 14.1. The lowest BCUT2D eigenvalue weighted by atomic mass is 10.4. The van der Waals surface area contributed by atoms with Crippen LogP contribution < -0.4 is 11.1 Å². The van der Waals surface area contributed by atoms with E-state index in [1.807, 2.05) is 6.92 Å². The highest BCUT2D eigenvalue weighted by molar-refractivity contribution is 7.91. The van der Waals surface area contributed by atoms with Crippen molar-refractivity contribution in [1.29, 1.82) is 0 Å². The van der Waals surface area contributed by atoms with Gasteiger partial charge >= 0.3 is 0 Å². The van der Waals surface area contributed by atoms with Crippen LogP contribution in [0.1, 0.15) is 20.3 Å². The zero-order valence-electron chi connectivity index (χ0n) is 12.5. The summed E-state index contributed by atoms with van der Waals surface area (Å²) >= 11 is 0. The number of anilines is 2. The molecule has 10 heteroatoms. The van der Waals surface area contributed by atoms with Crippen molar-refractivity contribution in [3.8, 4) is 0 Å². The number of nitrogens with one attached hydrogen (secondary N) is 1. The van der Waals surface area contributed by atoms with Crippen LogP contribution >= 0.6 is 0 Å². The van der Waals surface area contributed by atoms with Crippen LogP contribution in [0, 0.1) is 0 Å². The molecule has 0 saturated carbocycles. The lowest BCUT2D eigenvalue weighted by molar-refractivity contribution is 0.583. The van der Waals surface area contributed by atoms with Crippen LogP contribution in [0.4, 0.5) is 11.6 Å². The van der Waals surface area contributed by atoms with Crippen LogP contribution in [0.15, 0.2) is 4.90 Å². The van der Waals surface area contributed by atoms with Gasteiger partial charge in [0.25, 0.3) is 0 Å². The van der Waals surface area contributed by atoms with Gasteiger partial charge in [0.1, 0.15) is 5.82 Å². The van der Waals surface area contributed by atoms with Gasteiger partial charge in [-0.1, -0.05) is 13.8 Å². The second kappa shape index (κ2) is 6.65. The van der Waals surface area contributed by atoms with E-state index in [1.165, 1.54) is 4.68 Å². The summed E-state index contributed by atoms with van der Waals surface area (Å²) in [6.07, 6.45) is 1.84. The first-order valence-electron chi connectivity index (χ1n) is 6.63. The molecule has 0 aliphatic carbocycles. The maximum Gasteiger partial charge on any atom is 0.182 e. The van der Waals surface area contributed by atoms with E-state index in [-0.39, 0.29) is 34.6 Å². The normalized spacial score (nSPS) is 12.5. The van der Waals surface area contributed by atoms with Gasteiger partial charge < -0.3 is 11.1 Å². The summed E-state index contributed by atoms with van der Waals surface area (Å²) in [6.45, 7) is 4.06. The Morgan fingerprint density at radius 3 is 2.33 bits per heavy atom. The summed E-state index contributed by atoms with van der Waals surface area (Å²) in [7, 11) is -6.73. The smallest absolute Gasteiger partial charge is 0.182 e. The molecule has 1 rings (SSSR count). The van der Waals surface area contributed by atoms with Crippen molar-refractivity contribution >= 4 is 31.3 Å². The fourth-order valence-electron chi connectivity index (χ4n) is 1.72. The summed E-state index contributed by atoms with van der Waals surface area (Å²) < 4.78 is 47.9. The molecule has 3 N–H and O–H groups in total. The third-order valence-corrected chi connectivity index (χ3v) is 5.74. The third-order valence-electron chi connectivity index (χ3n) is 2.91. The first-order chi connectivity index (χ1) is 9.62. The summed E-state index contributed by atoms with van der Waals surface area (Å²) in [6, 6.07) is 0. The van der Waals surface area contributed by atoms with Gasteiger partial charge in [-0.3, -0.25) is 0 Å². The van der Waals surface area contributed by atoms with E-state index in [1.54, 1.807) is 6.92 Å². The highest BCUT2D eigenvalue weighted by atomic mass is 32.2. The van der Waals surface area contributed by atoms with E-state index < -0.39 is 19.7 Å². The Morgan fingerprint density at radius 2 is 1.86 bits per heavy atom. The summed E-state index contributed by atoms with van der Waals surface area (Å²) in [5.74, 6) is 0.0213. The van der Waals surface area contributed by atoms with Gasteiger partial charge in [0, 0.05) is 18.6 Å². The van der Waals surface area contributed by atoms with Gasteiger partial charge in [0.2, 0.25) is 0 Å². The molecule has 122 valence electrons. The summed E-state index contributed by atoms with van der Waals surface area (Å²) in [5, 5.41) is 6.99. The monoisotopic (exact) mass is 338 g/mol. The average Bonchev–Trinajstić information content (AvgIpc) is 2.70. The third kappa shape index (κ3) is 4.60. The standard InChI is InChI=1S/C11H22N4O4S2/c1-4-6-13-11-9(20(3,16)17)10(12)15(14-11)7-8-21(18,19)5-2/h4-8,12H2,1-3H3,(H,13,14). The van der Waals surface area contributed by atoms with Crippen LogP contribution in [0.25, 0.3) is 0 Å². The average molecular weight is 338 g/mol. The minimum atomic E-state index is -3.55. The van der Waals surface area contributed by atoms with Crippen LogP contribution in [-0.4, -0.2) is 50.9 Å². The number of nitrogens with zero attached hydrogens (tertiary/aromatic N) is 2. The van der Waals surface area contributed by atoms with Crippen molar-refractivity contribution < 1.29 is 16.8 Å². The number of nitrogens with two attached hydrogens (primary N) is 1. The Hall–Kier alpha value is -1.29. The molecule has 0 atom stereocenters. The largest absolute Gasteiger partial charge is 0.383 e. The van der Waals surface area contributed by atoms with E-state index in [2.05, 4.69) is 10.4 Å². The van der Waals surface area contributed by atoms with Gasteiger partial charge in [-0.25, -0.2) is 21.5 Å². The number of aryl methyl sites for hydroxylation is 1. The molecule has 8 nitrogen and oxygen atoms in total. The van der Waals surface area contributed by atoms with Crippen LogP contribution in [0.3, 0.4) is 0 Å². The lowest BCUT2D eigenvalue weighted by Crippen LogP contribution is -2.17. The molecule has 0 fully saturated rings. The molecule has 1 aromatic rings. The van der Waals surface area contributed by atoms with Gasteiger partial charge in [-0.05, 0) is 6.42 Å². The number of rotatable bonds is 8. The number of hydrogen-bond acceptors (Lipinski definition) is 7. The molecule has 1 aromatic heterocycles. The van der Waals surface area contributed by atoms with Crippen molar-refractivity contribution in [2.24, 2.45) is 0 Å². The fourth-order valence-corrected chi connectivity index (χ4v) is 3.41. The Labute approximate surface area is 125 Å². The molecule has 0 spiro atoms. The van der Waals surface area contributed by atoms with E-state index in [4.69, 9.17) is 5.73 Å². The molecule has 0 aliphatic rings. The van der Waals surface area contributed by atoms with Gasteiger partial charge in [0.15, 0.2) is 30.4 Å². The molecule has 0 aliphatic heterocycles. The Kier molecular flexibility index (Phi) is 5.62. The molecule has 0 amide bonds. The minimum absolute atomic E-state index is 0.0219. The minimum Gasteiger partial charge on any atom is -0.383 e. The van der Waals surface area contributed by atoms with Crippen LogP contribution in [0.2, 0.25) is 0 Å². The number of nitrogen functional groups attached to an aromatic ring is 1. The molecule has 0 saturated heterocycles. The Bertz CT molecular complexity index is 692. The quantitative estimate of drug-likeness (QED) is 0.690. The van der Waals surface area contributed by atoms with Crippen molar-refractivity contribution in [3.63, 3.8) is 0 Å². The predicted molar refractivity (Wildman–Crippen MR) is 82.9 cm³/mol. The first-order valence-corrected chi connectivity index (χ1v) is 10.3.